The van der Waals surface area contributed by atoms with Crippen molar-refractivity contribution >= 4 is 16.9 Å². The second-order valence-corrected chi connectivity index (χ2v) is 10.3. The second kappa shape index (κ2) is 10.5. The maximum atomic E-state index is 12.3. The standard InChI is InChI=1S/C26H38N4O4/c1-25(2,3)18-26(4,5)28-23-10-8-9-12-30(23)34-22-16-19-11-13-29(24(31)27-6)20(19)17-21(22)33-15-14-32-7/h8-13,16-17,23,28H,14-15,18H2,1-7H3,(H,27,31). The molecule has 0 radical (unpaired) electrons. The van der Waals surface area contributed by atoms with E-state index in [0.29, 0.717) is 24.7 Å². The van der Waals surface area contributed by atoms with Crippen LogP contribution in [0.4, 0.5) is 4.79 Å². The van der Waals surface area contributed by atoms with Crippen LogP contribution < -0.4 is 20.2 Å². The fraction of sp³-hybridized carbons (Fsp3) is 0.500. The first kappa shape index (κ1) is 25.6. The van der Waals surface area contributed by atoms with Gasteiger partial charge in [0, 0.05) is 43.5 Å². The van der Waals surface area contributed by atoms with Gasteiger partial charge in [0.1, 0.15) is 12.8 Å². The Hall–Kier alpha value is -2.97. The zero-order chi connectivity index (χ0) is 24.9. The normalized spacial score (nSPS) is 16.2. The molecule has 2 heterocycles. The van der Waals surface area contributed by atoms with Gasteiger partial charge in [0.2, 0.25) is 0 Å². The number of methoxy groups -OCH3 is 1. The van der Waals surface area contributed by atoms with E-state index in [1.54, 1.807) is 30.0 Å². The highest BCUT2D eigenvalue weighted by Gasteiger charge is 2.30. The van der Waals surface area contributed by atoms with Crippen LogP contribution in [-0.4, -0.2) is 54.7 Å². The third-order valence-corrected chi connectivity index (χ3v) is 5.36. The highest BCUT2D eigenvalue weighted by atomic mass is 16.7. The molecule has 1 unspecified atom stereocenters. The predicted octanol–water partition coefficient (Wildman–Crippen LogP) is 4.66. The van der Waals surface area contributed by atoms with Crippen LogP contribution in [0.5, 0.6) is 11.5 Å². The Bertz CT molecular complexity index is 1050. The average Bonchev–Trinajstić information content (AvgIpc) is 3.15. The zero-order valence-electron chi connectivity index (χ0n) is 21.3. The summed E-state index contributed by atoms with van der Waals surface area (Å²) in [5.41, 5.74) is 0.794. The van der Waals surface area contributed by atoms with Crippen molar-refractivity contribution in [1.82, 2.24) is 20.3 Å². The first-order chi connectivity index (χ1) is 16.0. The van der Waals surface area contributed by atoms with E-state index in [0.717, 1.165) is 17.3 Å². The molecule has 0 saturated carbocycles. The van der Waals surface area contributed by atoms with Crippen molar-refractivity contribution in [1.29, 1.82) is 0 Å². The van der Waals surface area contributed by atoms with E-state index in [2.05, 4.69) is 51.3 Å². The summed E-state index contributed by atoms with van der Waals surface area (Å²) in [6.07, 6.45) is 10.5. The van der Waals surface area contributed by atoms with Crippen LogP contribution in [0.3, 0.4) is 0 Å². The van der Waals surface area contributed by atoms with E-state index < -0.39 is 0 Å². The second-order valence-electron chi connectivity index (χ2n) is 10.3. The summed E-state index contributed by atoms with van der Waals surface area (Å²) in [5.74, 6) is 1.09. The summed E-state index contributed by atoms with van der Waals surface area (Å²) in [6, 6.07) is 5.37. The van der Waals surface area contributed by atoms with E-state index in [9.17, 15) is 4.79 Å². The quantitative estimate of drug-likeness (QED) is 0.519. The molecule has 0 aliphatic carbocycles. The minimum absolute atomic E-state index is 0.119. The van der Waals surface area contributed by atoms with Gasteiger partial charge in [-0.25, -0.2) is 4.79 Å². The van der Waals surface area contributed by atoms with Crippen molar-refractivity contribution < 1.29 is 19.1 Å². The van der Waals surface area contributed by atoms with E-state index >= 15 is 0 Å². The summed E-state index contributed by atoms with van der Waals surface area (Å²) in [5, 5.41) is 9.01. The number of hydrogen-bond donors (Lipinski definition) is 2. The number of nitrogens with zero attached hydrogens (tertiary/aromatic N) is 2. The van der Waals surface area contributed by atoms with E-state index in [4.69, 9.17) is 14.3 Å². The molecule has 0 fully saturated rings. The van der Waals surface area contributed by atoms with Gasteiger partial charge in [-0.15, -0.1) is 0 Å². The maximum absolute atomic E-state index is 12.3. The smallest absolute Gasteiger partial charge is 0.325 e. The Labute approximate surface area is 202 Å². The van der Waals surface area contributed by atoms with Gasteiger partial charge < -0.3 is 19.6 Å². The monoisotopic (exact) mass is 470 g/mol. The topological polar surface area (TPSA) is 77.0 Å². The summed E-state index contributed by atoms with van der Waals surface area (Å²) >= 11 is 0. The van der Waals surface area contributed by atoms with Crippen LogP contribution >= 0.6 is 0 Å². The summed E-state index contributed by atoms with van der Waals surface area (Å²) in [4.78, 5) is 18.6. The fourth-order valence-corrected chi connectivity index (χ4v) is 4.43. The predicted molar refractivity (Wildman–Crippen MR) is 135 cm³/mol. The van der Waals surface area contributed by atoms with Crippen molar-refractivity contribution in [3.05, 3.63) is 48.8 Å². The van der Waals surface area contributed by atoms with Crippen LogP contribution in [0, 0.1) is 5.41 Å². The van der Waals surface area contributed by atoms with Gasteiger partial charge in [0.15, 0.2) is 11.5 Å². The minimum Gasteiger partial charge on any atom is -0.487 e. The van der Waals surface area contributed by atoms with Gasteiger partial charge >= 0.3 is 6.03 Å². The lowest BCUT2D eigenvalue weighted by Crippen LogP contribution is -2.54. The molecule has 34 heavy (non-hydrogen) atoms. The number of ether oxygens (including phenoxy) is 2. The Kier molecular flexibility index (Phi) is 7.94. The average molecular weight is 471 g/mol. The maximum Gasteiger partial charge on any atom is 0.325 e. The Morgan fingerprint density at radius 3 is 2.53 bits per heavy atom. The first-order valence-corrected chi connectivity index (χ1v) is 11.6. The molecule has 0 spiro atoms. The van der Waals surface area contributed by atoms with Gasteiger partial charge in [0.25, 0.3) is 0 Å². The fourth-order valence-electron chi connectivity index (χ4n) is 4.43. The van der Waals surface area contributed by atoms with E-state index in [1.165, 1.54) is 0 Å². The molecule has 0 saturated heterocycles. The lowest BCUT2D eigenvalue weighted by Gasteiger charge is -2.39. The molecular weight excluding hydrogens is 432 g/mol. The number of amides is 1. The number of rotatable bonds is 9. The number of allylic oxidation sites excluding steroid dienone is 2. The number of carbonyl (C=O) groups is 1. The van der Waals surface area contributed by atoms with Gasteiger partial charge in [-0.1, -0.05) is 26.8 Å². The Balaban J connectivity index is 1.90. The third-order valence-electron chi connectivity index (χ3n) is 5.36. The van der Waals surface area contributed by atoms with Gasteiger partial charge in [-0.05, 0) is 50.0 Å². The molecule has 2 aromatic rings. The molecule has 1 aromatic heterocycles. The molecule has 1 aliphatic rings. The van der Waals surface area contributed by atoms with E-state index in [1.807, 2.05) is 36.6 Å². The zero-order valence-corrected chi connectivity index (χ0v) is 21.3. The molecule has 3 rings (SSSR count). The summed E-state index contributed by atoms with van der Waals surface area (Å²) in [6.45, 7) is 11.9. The molecule has 1 aromatic carbocycles. The van der Waals surface area contributed by atoms with Crippen LogP contribution in [-0.2, 0) is 4.74 Å². The first-order valence-electron chi connectivity index (χ1n) is 11.6. The highest BCUT2D eigenvalue weighted by molar-refractivity contribution is 5.93. The van der Waals surface area contributed by atoms with Gasteiger partial charge in [-0.3, -0.25) is 9.88 Å². The SMILES string of the molecule is CNC(=O)n1ccc2cc(ON3C=CC=CC3NC(C)(C)CC(C)(C)C)c(OCCOC)cc21. The summed E-state index contributed by atoms with van der Waals surface area (Å²) < 4.78 is 12.7. The molecule has 1 atom stereocenters. The molecular formula is C26H38N4O4. The molecule has 186 valence electrons. The molecule has 8 nitrogen and oxygen atoms in total. The number of fused-ring (bicyclic) bond motifs is 1. The number of carbonyl (C=O) groups excluding carboxylic acids is 1. The van der Waals surface area contributed by atoms with Crippen LogP contribution in [0.1, 0.15) is 41.0 Å². The lowest BCUT2D eigenvalue weighted by atomic mass is 9.81. The van der Waals surface area contributed by atoms with Crippen LogP contribution in [0.2, 0.25) is 0 Å². The number of nitrogens with one attached hydrogen (secondary N) is 2. The van der Waals surface area contributed by atoms with Gasteiger partial charge in [-0.2, -0.15) is 5.06 Å². The highest BCUT2D eigenvalue weighted by Crippen LogP contribution is 2.35. The van der Waals surface area contributed by atoms with Gasteiger partial charge in [0.05, 0.1) is 12.1 Å². The molecule has 1 aliphatic heterocycles. The molecule has 8 heteroatoms. The van der Waals surface area contributed by atoms with Crippen LogP contribution in [0.15, 0.2) is 48.8 Å². The summed E-state index contributed by atoms with van der Waals surface area (Å²) in [7, 11) is 3.23. The van der Waals surface area contributed by atoms with Crippen molar-refractivity contribution in [2.45, 2.75) is 52.7 Å². The largest absolute Gasteiger partial charge is 0.487 e. The third kappa shape index (κ3) is 6.55. The van der Waals surface area contributed by atoms with E-state index in [-0.39, 0.29) is 23.2 Å². The lowest BCUT2D eigenvalue weighted by molar-refractivity contribution is -0.0553. The number of hydrogen-bond acceptors (Lipinski definition) is 6. The van der Waals surface area contributed by atoms with Crippen molar-refractivity contribution in [2.75, 3.05) is 27.4 Å². The van der Waals surface area contributed by atoms with Crippen molar-refractivity contribution in [2.24, 2.45) is 5.41 Å². The molecule has 1 amide bonds. The molecule has 2 N–H and O–H groups in total. The number of benzene rings is 1. The van der Waals surface area contributed by atoms with Crippen LogP contribution in [0.25, 0.3) is 10.9 Å². The van der Waals surface area contributed by atoms with Crippen molar-refractivity contribution in [3.8, 4) is 11.5 Å². The molecule has 0 bridgehead atoms. The van der Waals surface area contributed by atoms with Crippen molar-refractivity contribution in [3.63, 3.8) is 0 Å². The minimum atomic E-state index is -0.221. The Morgan fingerprint density at radius 2 is 1.85 bits per heavy atom. The Morgan fingerprint density at radius 1 is 1.09 bits per heavy atom. The number of aromatic nitrogens is 1. The number of hydroxylamine groups is 2.